The number of benzene rings is 2. The van der Waals surface area contributed by atoms with E-state index in [9.17, 15) is 13.6 Å². The van der Waals surface area contributed by atoms with E-state index >= 15 is 0 Å². The highest BCUT2D eigenvalue weighted by Gasteiger charge is 2.17. The third-order valence-corrected chi connectivity index (χ3v) is 3.62. The van der Waals surface area contributed by atoms with E-state index in [1.165, 1.54) is 12.3 Å². The van der Waals surface area contributed by atoms with Gasteiger partial charge in [0, 0.05) is 5.56 Å². The van der Waals surface area contributed by atoms with Gasteiger partial charge in [0.15, 0.2) is 5.69 Å². The SMILES string of the molecule is O=C(On1nnc2ccccc21)c1cn(Cc2c(F)cccc2F)nn1. The van der Waals surface area contributed by atoms with Gasteiger partial charge in [0.2, 0.25) is 0 Å². The number of para-hydroxylation sites is 1. The van der Waals surface area contributed by atoms with Crippen LogP contribution in [0.25, 0.3) is 11.0 Å². The molecule has 26 heavy (non-hydrogen) atoms. The fourth-order valence-electron chi connectivity index (χ4n) is 2.35. The molecular formula is C16H10F2N6O2. The van der Waals surface area contributed by atoms with Gasteiger partial charge in [-0.05, 0) is 29.5 Å². The van der Waals surface area contributed by atoms with Crippen LogP contribution in [0.1, 0.15) is 16.1 Å². The molecule has 0 saturated heterocycles. The predicted octanol–water partition coefficient (Wildman–Crippen LogP) is 1.62. The van der Waals surface area contributed by atoms with Crippen LogP contribution in [0.15, 0.2) is 48.7 Å². The summed E-state index contributed by atoms with van der Waals surface area (Å²) in [5, 5.41) is 14.9. The quantitative estimate of drug-likeness (QED) is 0.517. The lowest BCUT2D eigenvalue weighted by Crippen LogP contribution is -2.21. The van der Waals surface area contributed by atoms with Crippen LogP contribution in [0.5, 0.6) is 0 Å². The van der Waals surface area contributed by atoms with Crippen molar-refractivity contribution < 1.29 is 18.4 Å². The summed E-state index contributed by atoms with van der Waals surface area (Å²) < 4.78 is 28.5. The molecule has 0 saturated carbocycles. The first kappa shape index (κ1) is 15.8. The molecule has 4 aromatic rings. The number of fused-ring (bicyclic) bond motifs is 1. The molecule has 0 aliphatic heterocycles. The van der Waals surface area contributed by atoms with Crippen molar-refractivity contribution in [3.8, 4) is 0 Å². The largest absolute Gasteiger partial charge is 0.387 e. The van der Waals surface area contributed by atoms with Gasteiger partial charge < -0.3 is 4.84 Å². The second-order valence-electron chi connectivity index (χ2n) is 5.33. The topological polar surface area (TPSA) is 87.7 Å². The first-order valence-corrected chi connectivity index (χ1v) is 7.48. The normalized spacial score (nSPS) is 11.0. The molecule has 0 aliphatic rings. The van der Waals surface area contributed by atoms with Crippen LogP contribution in [0, 0.1) is 11.6 Å². The Hall–Kier alpha value is -3.69. The Morgan fingerprint density at radius 1 is 1.00 bits per heavy atom. The van der Waals surface area contributed by atoms with Crippen molar-refractivity contribution in [2.75, 3.05) is 0 Å². The lowest BCUT2D eigenvalue weighted by Gasteiger charge is -2.03. The molecule has 0 N–H and O–H groups in total. The Kier molecular flexibility index (Phi) is 3.84. The molecule has 0 bridgehead atoms. The fourth-order valence-corrected chi connectivity index (χ4v) is 2.35. The zero-order valence-electron chi connectivity index (χ0n) is 13.1. The molecule has 2 aromatic heterocycles. The number of hydrogen-bond acceptors (Lipinski definition) is 6. The van der Waals surface area contributed by atoms with Crippen LogP contribution in [0.4, 0.5) is 8.78 Å². The van der Waals surface area contributed by atoms with Gasteiger partial charge in [0.25, 0.3) is 0 Å². The Labute approximate surface area is 144 Å². The fraction of sp³-hybridized carbons (Fsp3) is 0.0625. The molecule has 0 radical (unpaired) electrons. The minimum Gasteiger partial charge on any atom is -0.310 e. The maximum absolute atomic E-state index is 13.7. The van der Waals surface area contributed by atoms with Gasteiger partial charge in [-0.15, -0.1) is 10.2 Å². The maximum atomic E-state index is 13.7. The molecule has 0 amide bonds. The Balaban J connectivity index is 1.53. The average molecular weight is 356 g/mol. The molecular weight excluding hydrogens is 346 g/mol. The third-order valence-electron chi connectivity index (χ3n) is 3.62. The number of aromatic nitrogens is 6. The van der Waals surface area contributed by atoms with Crippen molar-refractivity contribution in [2.24, 2.45) is 0 Å². The Bertz CT molecular complexity index is 1090. The standard InChI is InChI=1S/C16H10F2N6O2/c17-11-4-3-5-12(18)10(11)8-23-9-14(20-21-23)16(25)26-24-15-7-2-1-6-13(15)19-22-24/h1-7,9H,8H2. The summed E-state index contributed by atoms with van der Waals surface area (Å²) in [7, 11) is 0. The highest BCUT2D eigenvalue weighted by atomic mass is 19.1. The van der Waals surface area contributed by atoms with E-state index in [-0.39, 0.29) is 17.8 Å². The van der Waals surface area contributed by atoms with Gasteiger partial charge in [-0.25, -0.2) is 18.3 Å². The molecule has 2 aromatic carbocycles. The summed E-state index contributed by atoms with van der Waals surface area (Å²) in [5.74, 6) is -2.25. The van der Waals surface area contributed by atoms with Crippen LogP contribution in [-0.2, 0) is 6.54 Å². The van der Waals surface area contributed by atoms with E-state index in [1.54, 1.807) is 24.3 Å². The molecule has 0 unspecified atom stereocenters. The van der Waals surface area contributed by atoms with Crippen molar-refractivity contribution in [1.82, 2.24) is 30.2 Å². The van der Waals surface area contributed by atoms with Crippen LogP contribution in [0.2, 0.25) is 0 Å². The van der Waals surface area contributed by atoms with E-state index in [2.05, 4.69) is 20.6 Å². The van der Waals surface area contributed by atoms with E-state index in [0.29, 0.717) is 11.0 Å². The second-order valence-corrected chi connectivity index (χ2v) is 5.33. The third kappa shape index (κ3) is 2.88. The lowest BCUT2D eigenvalue weighted by molar-refractivity contribution is 0.0402. The summed E-state index contributed by atoms with van der Waals surface area (Å²) in [6.07, 6.45) is 1.23. The summed E-state index contributed by atoms with van der Waals surface area (Å²) in [6.45, 7) is -0.217. The average Bonchev–Trinajstić information content (AvgIpc) is 3.26. The summed E-state index contributed by atoms with van der Waals surface area (Å²) in [6, 6.07) is 10.5. The Morgan fingerprint density at radius 3 is 2.58 bits per heavy atom. The predicted molar refractivity (Wildman–Crippen MR) is 83.9 cm³/mol. The van der Waals surface area contributed by atoms with Gasteiger partial charge in [-0.1, -0.05) is 28.3 Å². The van der Waals surface area contributed by atoms with Crippen molar-refractivity contribution in [3.63, 3.8) is 0 Å². The molecule has 8 nitrogen and oxygen atoms in total. The molecule has 0 atom stereocenters. The summed E-state index contributed by atoms with van der Waals surface area (Å²) in [4.78, 5) is 18.3. The highest BCUT2D eigenvalue weighted by molar-refractivity contribution is 5.87. The van der Waals surface area contributed by atoms with E-state index in [1.807, 2.05) is 0 Å². The number of hydrogen-bond donors (Lipinski definition) is 0. The number of halogens is 2. The first-order chi connectivity index (χ1) is 12.6. The van der Waals surface area contributed by atoms with Gasteiger partial charge in [-0.3, -0.25) is 0 Å². The van der Waals surface area contributed by atoms with Gasteiger partial charge >= 0.3 is 5.97 Å². The van der Waals surface area contributed by atoms with Gasteiger partial charge in [0.05, 0.1) is 12.7 Å². The monoisotopic (exact) mass is 356 g/mol. The zero-order chi connectivity index (χ0) is 18.1. The minimum atomic E-state index is -0.832. The molecule has 2 heterocycles. The van der Waals surface area contributed by atoms with Crippen molar-refractivity contribution in [1.29, 1.82) is 0 Å². The zero-order valence-corrected chi connectivity index (χ0v) is 13.1. The van der Waals surface area contributed by atoms with Crippen molar-refractivity contribution in [2.45, 2.75) is 6.54 Å². The number of nitrogens with zero attached hydrogens (tertiary/aromatic N) is 6. The van der Waals surface area contributed by atoms with Crippen LogP contribution in [-0.4, -0.2) is 36.1 Å². The van der Waals surface area contributed by atoms with Crippen LogP contribution >= 0.6 is 0 Å². The molecule has 0 spiro atoms. The van der Waals surface area contributed by atoms with Gasteiger partial charge in [-0.2, -0.15) is 0 Å². The smallest absolute Gasteiger partial charge is 0.310 e. The second kappa shape index (κ2) is 6.31. The van der Waals surface area contributed by atoms with Gasteiger partial charge in [0.1, 0.15) is 22.7 Å². The van der Waals surface area contributed by atoms with E-state index in [4.69, 9.17) is 4.84 Å². The van der Waals surface area contributed by atoms with E-state index < -0.39 is 17.6 Å². The Morgan fingerprint density at radius 2 is 1.77 bits per heavy atom. The van der Waals surface area contributed by atoms with Crippen LogP contribution < -0.4 is 4.84 Å². The summed E-state index contributed by atoms with van der Waals surface area (Å²) in [5.41, 5.74) is 0.738. The highest BCUT2D eigenvalue weighted by Crippen LogP contribution is 2.13. The summed E-state index contributed by atoms with van der Waals surface area (Å²) >= 11 is 0. The molecule has 10 heteroatoms. The maximum Gasteiger partial charge on any atom is 0.387 e. The van der Waals surface area contributed by atoms with E-state index in [0.717, 1.165) is 21.7 Å². The number of rotatable bonds is 4. The van der Waals surface area contributed by atoms with Crippen LogP contribution in [0.3, 0.4) is 0 Å². The molecule has 130 valence electrons. The van der Waals surface area contributed by atoms with Crippen molar-refractivity contribution >= 4 is 17.0 Å². The van der Waals surface area contributed by atoms with Crippen molar-refractivity contribution in [3.05, 3.63) is 71.6 Å². The molecule has 0 fully saturated rings. The number of carbonyl (C=O) groups is 1. The lowest BCUT2D eigenvalue weighted by atomic mass is 10.2. The molecule has 0 aliphatic carbocycles. The minimum absolute atomic E-state index is 0.138. The molecule has 4 rings (SSSR count). The number of carbonyl (C=O) groups excluding carboxylic acids is 1. The first-order valence-electron chi connectivity index (χ1n) is 7.48.